The smallest absolute Gasteiger partial charge is 0.332 e. The first-order valence-electron chi connectivity index (χ1n) is 14.2. The van der Waals surface area contributed by atoms with Gasteiger partial charge in [0.15, 0.2) is 0 Å². The molecule has 0 radical (unpaired) electrons. The number of hydrazone groups is 1. The number of benzene rings is 1. The number of nitrogens with zero attached hydrogens (tertiary/aromatic N) is 4. The van der Waals surface area contributed by atoms with Crippen molar-refractivity contribution in [2.24, 2.45) is 10.8 Å². The van der Waals surface area contributed by atoms with Gasteiger partial charge in [-0.15, -0.1) is 0 Å². The van der Waals surface area contributed by atoms with Gasteiger partial charge in [0.25, 0.3) is 11.8 Å². The Labute approximate surface area is 253 Å². The number of fused-ring (bicyclic) bond motifs is 2. The van der Waals surface area contributed by atoms with Gasteiger partial charge in [-0.05, 0) is 51.5 Å². The van der Waals surface area contributed by atoms with E-state index in [4.69, 9.17) is 10.5 Å². The van der Waals surface area contributed by atoms with Crippen LogP contribution < -0.4 is 21.8 Å². The van der Waals surface area contributed by atoms with Crippen LogP contribution in [0.1, 0.15) is 63.4 Å². The summed E-state index contributed by atoms with van der Waals surface area (Å²) < 4.78 is 5.34. The third kappa shape index (κ3) is 7.85. The summed E-state index contributed by atoms with van der Waals surface area (Å²) in [5.41, 5.74) is 6.39. The van der Waals surface area contributed by atoms with E-state index < -0.39 is 53.4 Å². The van der Waals surface area contributed by atoms with E-state index in [-0.39, 0.29) is 43.8 Å². The molecule has 15 heteroatoms. The van der Waals surface area contributed by atoms with Gasteiger partial charge in [-0.1, -0.05) is 24.3 Å². The normalized spacial score (nSPS) is 19.6. The molecule has 2 aliphatic rings. The monoisotopic (exact) mass is 608 g/mol. The number of carbonyl (C=O) groups excluding carboxylic acids is 6. The number of esters is 1. The highest BCUT2D eigenvalue weighted by Crippen LogP contribution is 2.26. The lowest BCUT2D eigenvalue weighted by Gasteiger charge is -2.43. The largest absolute Gasteiger partial charge is 0.460 e. The number of nitrogens with two attached hydrogens (primary N) is 1. The second-order valence-corrected chi connectivity index (χ2v) is 11.5. The molecule has 4 rings (SSSR count). The lowest BCUT2D eigenvalue weighted by Crippen LogP contribution is -2.64. The number of nitrogens with one attached hydrogen (secondary N) is 3. The highest BCUT2D eigenvalue weighted by Gasteiger charge is 2.45. The Kier molecular flexibility index (Phi) is 9.76. The molecule has 0 spiro atoms. The van der Waals surface area contributed by atoms with Crippen molar-refractivity contribution in [2.75, 3.05) is 6.54 Å². The molecule has 0 bridgehead atoms. The van der Waals surface area contributed by atoms with E-state index in [0.29, 0.717) is 11.8 Å². The van der Waals surface area contributed by atoms with Crippen molar-refractivity contribution in [1.29, 1.82) is 0 Å². The Morgan fingerprint density at radius 3 is 2.64 bits per heavy atom. The molecule has 2 aliphatic heterocycles. The number of rotatable bonds is 8. The average molecular weight is 609 g/mol. The number of hydrazine groups is 1. The standard InChI is InChI=1S/C29H36N8O7/c1-29(2,3)44-23(39)15-18(16-32-35-28(30)43)33-25(40)21-9-6-14-36-22(38)11-10-20(27(42)37(21)36)34-26(41)24-19-8-5-4-7-17(19)12-13-31-24/h4-5,7-8,12-13,16,18,20-21H,6,9-11,14-15H2,1-3H3,(H,33,40)(H,34,41)(H3,30,35,43)/t18-,20-,21-/m0/s1. The van der Waals surface area contributed by atoms with E-state index in [0.717, 1.165) is 16.6 Å². The number of urea groups is 1. The molecule has 2 saturated heterocycles. The Hall–Kier alpha value is -5.08. The van der Waals surface area contributed by atoms with Crippen LogP contribution in [0.2, 0.25) is 0 Å². The van der Waals surface area contributed by atoms with Crippen molar-refractivity contribution in [3.05, 3.63) is 42.2 Å². The van der Waals surface area contributed by atoms with Crippen molar-refractivity contribution in [1.82, 2.24) is 31.1 Å². The molecule has 3 heterocycles. The van der Waals surface area contributed by atoms with Gasteiger partial charge in [0.2, 0.25) is 11.8 Å². The minimum absolute atomic E-state index is 0.0300. The summed E-state index contributed by atoms with van der Waals surface area (Å²) in [5.74, 6) is -2.90. The SMILES string of the molecule is CC(C)(C)OC(=O)C[C@@H](C=NNC(N)=O)NC(=O)[C@@H]1CCCN2C(=O)CC[C@H](NC(=O)c3nccc4ccccc34)C(=O)N12. The second kappa shape index (κ2) is 13.5. The van der Waals surface area contributed by atoms with Crippen molar-refractivity contribution in [3.8, 4) is 0 Å². The molecule has 1 aromatic heterocycles. The molecule has 15 nitrogen and oxygen atoms in total. The van der Waals surface area contributed by atoms with Crippen LogP contribution in [0.3, 0.4) is 0 Å². The third-order valence-electron chi connectivity index (χ3n) is 6.92. The highest BCUT2D eigenvalue weighted by atomic mass is 16.6. The zero-order valence-corrected chi connectivity index (χ0v) is 24.7. The molecule has 6 amide bonds. The number of hydrogen-bond acceptors (Lipinski definition) is 9. The molecule has 3 atom stereocenters. The van der Waals surface area contributed by atoms with Crippen LogP contribution in [0, 0.1) is 0 Å². The van der Waals surface area contributed by atoms with Crippen LogP contribution in [0.4, 0.5) is 4.79 Å². The molecule has 2 fully saturated rings. The lowest BCUT2D eigenvalue weighted by molar-refractivity contribution is -0.176. The fourth-order valence-electron chi connectivity index (χ4n) is 5.11. The van der Waals surface area contributed by atoms with E-state index in [1.165, 1.54) is 11.2 Å². The topological polar surface area (TPSA) is 205 Å². The van der Waals surface area contributed by atoms with Gasteiger partial charge in [-0.2, -0.15) is 5.10 Å². The minimum atomic E-state index is -1.13. The van der Waals surface area contributed by atoms with Crippen LogP contribution in [-0.2, 0) is 23.9 Å². The van der Waals surface area contributed by atoms with Gasteiger partial charge < -0.3 is 21.1 Å². The van der Waals surface area contributed by atoms with Crippen LogP contribution in [0.15, 0.2) is 41.6 Å². The van der Waals surface area contributed by atoms with E-state index in [1.54, 1.807) is 39.0 Å². The molecular weight excluding hydrogens is 572 g/mol. The van der Waals surface area contributed by atoms with Crippen LogP contribution >= 0.6 is 0 Å². The van der Waals surface area contributed by atoms with E-state index in [9.17, 15) is 28.8 Å². The average Bonchev–Trinajstić information content (AvgIpc) is 3.07. The Morgan fingerprint density at radius 2 is 1.91 bits per heavy atom. The third-order valence-corrected chi connectivity index (χ3v) is 6.92. The van der Waals surface area contributed by atoms with E-state index in [1.807, 2.05) is 17.6 Å². The number of ether oxygens (including phenoxy) is 1. The molecule has 44 heavy (non-hydrogen) atoms. The lowest BCUT2D eigenvalue weighted by atomic mass is 10.0. The number of hydrogen-bond donors (Lipinski definition) is 4. The van der Waals surface area contributed by atoms with Crippen molar-refractivity contribution >= 4 is 52.6 Å². The first kappa shape index (κ1) is 31.8. The van der Waals surface area contributed by atoms with Crippen molar-refractivity contribution in [2.45, 2.75) is 76.6 Å². The fourth-order valence-corrected chi connectivity index (χ4v) is 5.11. The van der Waals surface area contributed by atoms with Crippen LogP contribution in [0.5, 0.6) is 0 Å². The van der Waals surface area contributed by atoms with Crippen LogP contribution in [-0.4, -0.2) is 87.1 Å². The van der Waals surface area contributed by atoms with Gasteiger partial charge in [0.05, 0.1) is 12.5 Å². The van der Waals surface area contributed by atoms with Crippen molar-refractivity contribution < 1.29 is 33.5 Å². The Balaban J connectivity index is 1.55. The maximum atomic E-state index is 13.9. The first-order valence-corrected chi connectivity index (χ1v) is 14.2. The molecular formula is C29H36N8O7. The molecule has 2 aromatic rings. The van der Waals surface area contributed by atoms with Gasteiger partial charge in [0, 0.05) is 30.8 Å². The van der Waals surface area contributed by atoms with E-state index >= 15 is 0 Å². The number of aromatic nitrogens is 1. The number of pyridine rings is 1. The Bertz CT molecular complexity index is 1480. The predicted octanol–water partition coefficient (Wildman–Crippen LogP) is 0.732. The number of primary amides is 1. The second-order valence-electron chi connectivity index (χ2n) is 11.5. The van der Waals surface area contributed by atoms with E-state index in [2.05, 4.69) is 20.7 Å². The molecule has 234 valence electrons. The summed E-state index contributed by atoms with van der Waals surface area (Å²) in [7, 11) is 0. The summed E-state index contributed by atoms with van der Waals surface area (Å²) >= 11 is 0. The molecule has 0 unspecified atom stereocenters. The van der Waals surface area contributed by atoms with Gasteiger partial charge in [-0.3, -0.25) is 34.0 Å². The maximum Gasteiger partial charge on any atom is 0.332 e. The zero-order chi connectivity index (χ0) is 32.0. The molecule has 1 aromatic carbocycles. The summed E-state index contributed by atoms with van der Waals surface area (Å²) in [4.78, 5) is 81.7. The van der Waals surface area contributed by atoms with Gasteiger partial charge in [-0.25, -0.2) is 15.2 Å². The summed E-state index contributed by atoms with van der Waals surface area (Å²) in [6.07, 6.45) is 2.91. The summed E-state index contributed by atoms with van der Waals surface area (Å²) in [6.45, 7) is 5.27. The van der Waals surface area contributed by atoms with Crippen LogP contribution in [0.25, 0.3) is 10.8 Å². The number of amides is 6. The molecule has 5 N–H and O–H groups in total. The number of carbonyl (C=O) groups is 6. The van der Waals surface area contributed by atoms with Gasteiger partial charge in [0.1, 0.15) is 23.4 Å². The quantitative estimate of drug-likeness (QED) is 0.190. The zero-order valence-electron chi connectivity index (χ0n) is 24.7. The highest BCUT2D eigenvalue weighted by molar-refractivity contribution is 6.07. The van der Waals surface area contributed by atoms with Crippen molar-refractivity contribution in [3.63, 3.8) is 0 Å². The first-order chi connectivity index (χ1) is 20.8. The van der Waals surface area contributed by atoms with Gasteiger partial charge >= 0.3 is 12.0 Å². The molecule has 0 saturated carbocycles. The molecule has 0 aliphatic carbocycles. The Morgan fingerprint density at radius 1 is 1.16 bits per heavy atom. The summed E-state index contributed by atoms with van der Waals surface area (Å²) in [5, 5.41) is 12.8. The fraction of sp³-hybridized carbons (Fsp3) is 0.448. The predicted molar refractivity (Wildman–Crippen MR) is 157 cm³/mol. The summed E-state index contributed by atoms with van der Waals surface area (Å²) in [6, 6.07) is 4.71. The minimum Gasteiger partial charge on any atom is -0.460 e. The maximum absolute atomic E-state index is 13.9.